The Labute approximate surface area is 110 Å². The van der Waals surface area contributed by atoms with Gasteiger partial charge in [0.1, 0.15) is 6.04 Å². The Hall–Kier alpha value is -1.55. The first-order chi connectivity index (χ1) is 8.59. The number of benzene rings is 1. The minimum absolute atomic E-state index is 0.156. The molecule has 1 heterocycles. The van der Waals surface area contributed by atoms with E-state index in [0.717, 1.165) is 12.0 Å². The van der Waals surface area contributed by atoms with Crippen molar-refractivity contribution in [3.8, 4) is 0 Å². The van der Waals surface area contributed by atoms with Crippen molar-refractivity contribution in [1.82, 2.24) is 4.90 Å². The third-order valence-electron chi connectivity index (χ3n) is 3.16. The van der Waals surface area contributed by atoms with E-state index in [2.05, 4.69) is 0 Å². The van der Waals surface area contributed by atoms with Gasteiger partial charge in [0.05, 0.1) is 6.42 Å². The average molecular weight is 268 g/mol. The highest BCUT2D eigenvalue weighted by atomic mass is 35.5. The van der Waals surface area contributed by atoms with Crippen LogP contribution in [-0.4, -0.2) is 34.5 Å². The predicted molar refractivity (Wildman–Crippen MR) is 67.5 cm³/mol. The fourth-order valence-electron chi connectivity index (χ4n) is 2.23. The number of aliphatic carboxylic acids is 1. The van der Waals surface area contributed by atoms with Gasteiger partial charge in [-0.15, -0.1) is 0 Å². The molecule has 0 aromatic heterocycles. The Kier molecular flexibility index (Phi) is 3.87. The smallest absolute Gasteiger partial charge is 0.326 e. The summed E-state index contributed by atoms with van der Waals surface area (Å²) in [6.45, 7) is 0.514. The van der Waals surface area contributed by atoms with Crippen LogP contribution in [0.2, 0.25) is 5.02 Å². The zero-order chi connectivity index (χ0) is 13.1. The Bertz CT molecular complexity index is 475. The monoisotopic (exact) mass is 267 g/mol. The molecule has 0 bridgehead atoms. The second-order valence-electron chi connectivity index (χ2n) is 4.35. The van der Waals surface area contributed by atoms with Crippen molar-refractivity contribution in [1.29, 1.82) is 0 Å². The summed E-state index contributed by atoms with van der Waals surface area (Å²) in [7, 11) is 0. The Morgan fingerprint density at radius 3 is 2.78 bits per heavy atom. The Morgan fingerprint density at radius 2 is 2.11 bits per heavy atom. The molecule has 0 spiro atoms. The van der Waals surface area contributed by atoms with Crippen molar-refractivity contribution < 1.29 is 14.7 Å². The topological polar surface area (TPSA) is 57.6 Å². The van der Waals surface area contributed by atoms with Gasteiger partial charge in [0.25, 0.3) is 0 Å². The van der Waals surface area contributed by atoms with Gasteiger partial charge in [-0.25, -0.2) is 4.79 Å². The van der Waals surface area contributed by atoms with Crippen LogP contribution < -0.4 is 0 Å². The molecule has 96 valence electrons. The third-order valence-corrected chi connectivity index (χ3v) is 3.53. The van der Waals surface area contributed by atoms with Gasteiger partial charge in [-0.1, -0.05) is 29.8 Å². The number of carbonyl (C=O) groups excluding carboxylic acids is 1. The van der Waals surface area contributed by atoms with Crippen LogP contribution in [0.15, 0.2) is 24.3 Å². The van der Waals surface area contributed by atoms with Crippen molar-refractivity contribution in [2.45, 2.75) is 25.3 Å². The van der Waals surface area contributed by atoms with Gasteiger partial charge in [-0.3, -0.25) is 4.79 Å². The second kappa shape index (κ2) is 5.40. The van der Waals surface area contributed by atoms with E-state index in [0.29, 0.717) is 18.0 Å². The van der Waals surface area contributed by atoms with Gasteiger partial charge in [-0.05, 0) is 24.5 Å². The fraction of sp³-hybridized carbons (Fsp3) is 0.385. The number of carboxylic acid groups (broad SMARTS) is 1. The first-order valence-electron chi connectivity index (χ1n) is 5.85. The lowest BCUT2D eigenvalue weighted by atomic mass is 10.1. The predicted octanol–water partition coefficient (Wildman–Crippen LogP) is 1.96. The quantitative estimate of drug-likeness (QED) is 0.911. The maximum absolute atomic E-state index is 12.1. The van der Waals surface area contributed by atoms with Crippen molar-refractivity contribution in [3.05, 3.63) is 34.9 Å². The summed E-state index contributed by atoms with van der Waals surface area (Å²) in [6.07, 6.45) is 1.43. The molecule has 1 amide bonds. The number of amides is 1. The minimum Gasteiger partial charge on any atom is -0.480 e. The molecular weight excluding hydrogens is 254 g/mol. The minimum atomic E-state index is -0.931. The summed E-state index contributed by atoms with van der Waals surface area (Å²) in [5.74, 6) is -1.10. The summed E-state index contributed by atoms with van der Waals surface area (Å²) in [5, 5.41) is 9.57. The standard InChI is InChI=1S/C13H14ClNO3/c14-10-5-2-1-4-9(10)8-12(16)15-7-3-6-11(15)13(17)18/h1-2,4-5,11H,3,6-8H2,(H,17,18). The molecule has 1 fully saturated rings. The third kappa shape index (κ3) is 2.64. The van der Waals surface area contributed by atoms with E-state index >= 15 is 0 Å². The van der Waals surface area contributed by atoms with E-state index in [4.69, 9.17) is 16.7 Å². The summed E-state index contributed by atoms with van der Waals surface area (Å²) in [6, 6.07) is 6.44. The molecular formula is C13H14ClNO3. The highest BCUT2D eigenvalue weighted by molar-refractivity contribution is 6.31. The largest absolute Gasteiger partial charge is 0.480 e. The number of likely N-dealkylation sites (tertiary alicyclic amines) is 1. The summed E-state index contributed by atoms with van der Waals surface area (Å²) < 4.78 is 0. The fourth-order valence-corrected chi connectivity index (χ4v) is 2.43. The van der Waals surface area contributed by atoms with E-state index in [1.54, 1.807) is 18.2 Å². The van der Waals surface area contributed by atoms with Crippen molar-refractivity contribution in [2.24, 2.45) is 0 Å². The molecule has 1 saturated heterocycles. The molecule has 1 aromatic rings. The zero-order valence-electron chi connectivity index (χ0n) is 9.80. The van der Waals surface area contributed by atoms with Crippen LogP contribution in [0, 0.1) is 0 Å². The number of carboxylic acids is 1. The van der Waals surface area contributed by atoms with Gasteiger partial charge in [-0.2, -0.15) is 0 Å². The van der Waals surface area contributed by atoms with Crippen molar-refractivity contribution in [2.75, 3.05) is 6.54 Å². The van der Waals surface area contributed by atoms with Crippen LogP contribution in [0.1, 0.15) is 18.4 Å². The molecule has 4 nitrogen and oxygen atoms in total. The maximum atomic E-state index is 12.1. The van der Waals surface area contributed by atoms with E-state index in [9.17, 15) is 9.59 Å². The number of rotatable bonds is 3. The lowest BCUT2D eigenvalue weighted by molar-refractivity contribution is -0.148. The number of halogens is 1. The lowest BCUT2D eigenvalue weighted by Crippen LogP contribution is -2.41. The maximum Gasteiger partial charge on any atom is 0.326 e. The zero-order valence-corrected chi connectivity index (χ0v) is 10.6. The number of nitrogens with zero attached hydrogens (tertiary/aromatic N) is 1. The highest BCUT2D eigenvalue weighted by Gasteiger charge is 2.33. The molecule has 1 N–H and O–H groups in total. The SMILES string of the molecule is O=C(O)C1CCCN1C(=O)Cc1ccccc1Cl. The summed E-state index contributed by atoms with van der Waals surface area (Å²) in [4.78, 5) is 24.5. The van der Waals surface area contributed by atoms with Gasteiger partial charge in [0.15, 0.2) is 0 Å². The number of carbonyl (C=O) groups is 2. The van der Waals surface area contributed by atoms with Crippen LogP contribution in [0.25, 0.3) is 0 Å². The summed E-state index contributed by atoms with van der Waals surface area (Å²) >= 11 is 5.99. The first-order valence-corrected chi connectivity index (χ1v) is 6.23. The highest BCUT2D eigenvalue weighted by Crippen LogP contribution is 2.21. The molecule has 5 heteroatoms. The summed E-state index contributed by atoms with van der Waals surface area (Å²) in [5.41, 5.74) is 0.736. The van der Waals surface area contributed by atoms with E-state index in [-0.39, 0.29) is 12.3 Å². The first kappa shape index (κ1) is 12.9. The molecule has 1 atom stereocenters. The molecule has 18 heavy (non-hydrogen) atoms. The van der Waals surface area contributed by atoms with Gasteiger partial charge < -0.3 is 10.0 Å². The van der Waals surface area contributed by atoms with Crippen LogP contribution in [0.5, 0.6) is 0 Å². The van der Waals surface area contributed by atoms with Gasteiger partial charge >= 0.3 is 5.97 Å². The lowest BCUT2D eigenvalue weighted by Gasteiger charge is -2.21. The number of hydrogen-bond acceptors (Lipinski definition) is 2. The van der Waals surface area contributed by atoms with Crippen LogP contribution in [-0.2, 0) is 16.0 Å². The van der Waals surface area contributed by atoms with Crippen LogP contribution >= 0.6 is 11.6 Å². The molecule has 1 unspecified atom stereocenters. The van der Waals surface area contributed by atoms with Crippen molar-refractivity contribution in [3.63, 3.8) is 0 Å². The van der Waals surface area contributed by atoms with Crippen LogP contribution in [0.4, 0.5) is 0 Å². The number of hydrogen-bond donors (Lipinski definition) is 1. The normalized spacial score (nSPS) is 18.9. The van der Waals surface area contributed by atoms with E-state index in [1.807, 2.05) is 6.07 Å². The average Bonchev–Trinajstić information content (AvgIpc) is 2.81. The van der Waals surface area contributed by atoms with Gasteiger partial charge in [0, 0.05) is 11.6 Å². The molecule has 0 saturated carbocycles. The van der Waals surface area contributed by atoms with Crippen molar-refractivity contribution >= 4 is 23.5 Å². The molecule has 0 radical (unpaired) electrons. The molecule has 1 aromatic carbocycles. The second-order valence-corrected chi connectivity index (χ2v) is 4.76. The molecule has 2 rings (SSSR count). The Morgan fingerprint density at radius 1 is 1.39 bits per heavy atom. The van der Waals surface area contributed by atoms with E-state index < -0.39 is 12.0 Å². The van der Waals surface area contributed by atoms with Crippen LogP contribution in [0.3, 0.4) is 0 Å². The molecule has 1 aliphatic heterocycles. The van der Waals surface area contributed by atoms with Gasteiger partial charge in [0.2, 0.25) is 5.91 Å². The Balaban J connectivity index is 2.08. The molecule has 0 aliphatic carbocycles. The molecule has 1 aliphatic rings. The van der Waals surface area contributed by atoms with E-state index in [1.165, 1.54) is 4.90 Å².